The fourth-order valence-corrected chi connectivity index (χ4v) is 3.17. The van der Waals surface area contributed by atoms with E-state index in [1.54, 1.807) is 0 Å². The van der Waals surface area contributed by atoms with Crippen molar-refractivity contribution in [3.8, 4) is 0 Å². The van der Waals surface area contributed by atoms with Crippen LogP contribution in [0, 0.1) is 0 Å². The number of nitrogens with one attached hydrogen (secondary N) is 1. The van der Waals surface area contributed by atoms with Gasteiger partial charge in [0.05, 0.1) is 17.5 Å². The van der Waals surface area contributed by atoms with Crippen molar-refractivity contribution in [1.82, 2.24) is 5.32 Å². The molecule has 0 saturated carbocycles. The van der Waals surface area contributed by atoms with Gasteiger partial charge >= 0.3 is 0 Å². The van der Waals surface area contributed by atoms with Crippen molar-refractivity contribution in [2.75, 3.05) is 7.11 Å². The fourth-order valence-electron chi connectivity index (χ4n) is 1.45. The normalized spacial score (nSPS) is 43.0. The molecule has 0 bridgehead atoms. The van der Waals surface area contributed by atoms with Crippen molar-refractivity contribution in [3.05, 3.63) is 0 Å². The molecule has 90 valence electrons. The molecule has 1 aliphatic rings. The molecular weight excluding hydrogens is 307 g/mol. The number of hydrogen-bond acceptors (Lipinski definition) is 3. The van der Waals surface area contributed by atoms with Gasteiger partial charge in [-0.3, -0.25) is 5.32 Å². The second-order valence-electron chi connectivity index (χ2n) is 3.22. The Bertz CT molecular complexity index is 224. The molecule has 0 spiro atoms. The van der Waals surface area contributed by atoms with E-state index in [0.717, 1.165) is 0 Å². The molecule has 0 radical (unpaired) electrons. The number of aliphatic hydroxyl groups is 1. The van der Waals surface area contributed by atoms with Crippen LogP contribution in [-0.4, -0.2) is 45.1 Å². The van der Waals surface area contributed by atoms with Gasteiger partial charge in [0.15, 0.2) is 0 Å². The Balaban J connectivity index is 2.85. The van der Waals surface area contributed by atoms with Gasteiger partial charge in [0.25, 0.3) is 0 Å². The highest BCUT2D eigenvalue weighted by molar-refractivity contribution is 6.68. The van der Waals surface area contributed by atoms with Crippen LogP contribution in [0.3, 0.4) is 0 Å². The minimum absolute atomic E-state index is 0.592. The molecule has 1 fully saturated rings. The van der Waals surface area contributed by atoms with E-state index in [-0.39, 0.29) is 0 Å². The maximum Gasteiger partial charge on any atom is 0.207 e. The molecule has 8 heteroatoms. The molecule has 2 N–H and O–H groups in total. The fraction of sp³-hybridized carbons (Fsp3) is 1.00. The average Bonchev–Trinajstić information content (AvgIpc) is 2.10. The van der Waals surface area contributed by atoms with Gasteiger partial charge in [0, 0.05) is 7.11 Å². The molecule has 5 atom stereocenters. The summed E-state index contributed by atoms with van der Waals surface area (Å²) >= 11 is 29.1. The van der Waals surface area contributed by atoms with Gasteiger partial charge in [-0.25, -0.2) is 0 Å². The highest BCUT2D eigenvalue weighted by atomic mass is 35.6. The van der Waals surface area contributed by atoms with E-state index in [9.17, 15) is 5.11 Å². The number of alkyl halides is 5. The van der Waals surface area contributed by atoms with Crippen molar-refractivity contribution < 1.29 is 9.84 Å². The lowest BCUT2D eigenvalue weighted by Gasteiger charge is -2.42. The van der Waals surface area contributed by atoms with Crippen LogP contribution >= 0.6 is 58.0 Å². The van der Waals surface area contributed by atoms with Crippen molar-refractivity contribution >= 4 is 58.0 Å². The van der Waals surface area contributed by atoms with Gasteiger partial charge in [-0.2, -0.15) is 0 Å². The SMILES string of the molecule is COC1C(Cl)C(O)NC(C(Cl)(Cl)Cl)C1Cl. The number of methoxy groups -OCH3 is 1. The minimum atomic E-state index is -1.64. The molecule has 1 heterocycles. The number of piperidine rings is 1. The quantitative estimate of drug-likeness (QED) is 0.726. The first-order chi connectivity index (χ1) is 6.79. The van der Waals surface area contributed by atoms with Gasteiger partial charge in [-0.05, 0) is 0 Å². The van der Waals surface area contributed by atoms with Crippen LogP contribution in [0.15, 0.2) is 0 Å². The van der Waals surface area contributed by atoms with E-state index in [1.807, 2.05) is 0 Å². The van der Waals surface area contributed by atoms with E-state index in [1.165, 1.54) is 7.11 Å². The molecule has 1 aliphatic heterocycles. The molecular formula is C7H10Cl5NO2. The zero-order valence-corrected chi connectivity index (χ0v) is 11.4. The smallest absolute Gasteiger partial charge is 0.207 e. The molecule has 0 aliphatic carbocycles. The molecule has 0 aromatic heterocycles. The lowest BCUT2D eigenvalue weighted by molar-refractivity contribution is -0.00648. The number of halogens is 5. The molecule has 0 aromatic rings. The third kappa shape index (κ3) is 3.17. The Hall–Kier alpha value is 1.33. The van der Waals surface area contributed by atoms with Crippen LogP contribution in [0.2, 0.25) is 0 Å². The van der Waals surface area contributed by atoms with Gasteiger partial charge in [0.2, 0.25) is 3.79 Å². The van der Waals surface area contributed by atoms with Crippen LogP contribution in [0.5, 0.6) is 0 Å². The third-order valence-corrected chi connectivity index (χ3v) is 3.92. The van der Waals surface area contributed by atoms with E-state index in [2.05, 4.69) is 5.32 Å². The molecule has 1 rings (SSSR count). The van der Waals surface area contributed by atoms with Gasteiger partial charge in [0.1, 0.15) is 11.6 Å². The maximum atomic E-state index is 9.57. The topological polar surface area (TPSA) is 41.5 Å². The number of ether oxygens (including phenoxy) is 1. The monoisotopic (exact) mass is 315 g/mol. The Kier molecular flexibility index (Phi) is 5.10. The lowest BCUT2D eigenvalue weighted by atomic mass is 10.0. The Labute approximate surface area is 113 Å². The summed E-state index contributed by atoms with van der Waals surface area (Å²) in [5.74, 6) is 0. The predicted octanol–water partition coefficient (Wildman–Crippen LogP) is 1.88. The second kappa shape index (κ2) is 5.32. The molecule has 0 aromatic carbocycles. The standard InChI is InChI=1S/C7H10Cl5NO2/c1-15-4-2(8)5(7(10,11)12)13-6(14)3(4)9/h2-6,13-14H,1H3. The number of rotatable bonds is 1. The summed E-state index contributed by atoms with van der Waals surface area (Å²) in [4.78, 5) is 0. The summed E-state index contributed by atoms with van der Waals surface area (Å²) in [5.41, 5.74) is 0. The van der Waals surface area contributed by atoms with Crippen molar-refractivity contribution in [1.29, 1.82) is 0 Å². The largest absolute Gasteiger partial charge is 0.378 e. The highest BCUT2D eigenvalue weighted by Crippen LogP contribution is 2.38. The van der Waals surface area contributed by atoms with Crippen LogP contribution in [-0.2, 0) is 4.74 Å². The van der Waals surface area contributed by atoms with E-state index in [0.29, 0.717) is 0 Å². The highest BCUT2D eigenvalue weighted by Gasteiger charge is 2.50. The summed E-state index contributed by atoms with van der Waals surface area (Å²) in [6.45, 7) is 0. The van der Waals surface area contributed by atoms with Crippen molar-refractivity contribution in [2.24, 2.45) is 0 Å². The molecule has 0 amide bonds. The summed E-state index contributed by atoms with van der Waals surface area (Å²) in [6, 6.07) is -0.737. The van der Waals surface area contributed by atoms with Crippen molar-refractivity contribution in [3.63, 3.8) is 0 Å². The molecule has 1 saturated heterocycles. The lowest BCUT2D eigenvalue weighted by Crippen LogP contribution is -2.65. The Morgan fingerprint density at radius 3 is 2.13 bits per heavy atom. The van der Waals surface area contributed by atoms with E-state index >= 15 is 0 Å². The zero-order valence-electron chi connectivity index (χ0n) is 7.63. The minimum Gasteiger partial charge on any atom is -0.378 e. The third-order valence-electron chi connectivity index (χ3n) is 2.22. The Morgan fingerprint density at radius 1 is 1.20 bits per heavy atom. The first kappa shape index (κ1) is 14.4. The summed E-state index contributed by atoms with van der Waals surface area (Å²) in [5, 5.41) is 10.9. The summed E-state index contributed by atoms with van der Waals surface area (Å²) < 4.78 is 3.43. The first-order valence-corrected chi connectivity index (χ1v) is 6.11. The predicted molar refractivity (Wildman–Crippen MR) is 63.3 cm³/mol. The summed E-state index contributed by atoms with van der Waals surface area (Å²) in [6.07, 6.45) is -1.63. The number of aliphatic hydroxyl groups excluding tert-OH is 1. The first-order valence-electron chi connectivity index (χ1n) is 4.10. The van der Waals surface area contributed by atoms with E-state index in [4.69, 9.17) is 62.7 Å². The number of hydrogen-bond donors (Lipinski definition) is 2. The van der Waals surface area contributed by atoms with Crippen LogP contribution in [0.1, 0.15) is 0 Å². The van der Waals surface area contributed by atoms with Crippen LogP contribution < -0.4 is 5.32 Å². The zero-order chi connectivity index (χ0) is 11.8. The maximum absolute atomic E-state index is 9.57. The van der Waals surface area contributed by atoms with Gasteiger partial charge in [-0.15, -0.1) is 23.2 Å². The van der Waals surface area contributed by atoms with Gasteiger partial charge < -0.3 is 9.84 Å². The molecule has 3 nitrogen and oxygen atoms in total. The summed E-state index contributed by atoms with van der Waals surface area (Å²) in [7, 11) is 1.43. The van der Waals surface area contributed by atoms with Gasteiger partial charge in [-0.1, -0.05) is 34.8 Å². The average molecular weight is 317 g/mol. The Morgan fingerprint density at radius 2 is 1.73 bits per heavy atom. The van der Waals surface area contributed by atoms with E-state index < -0.39 is 32.9 Å². The van der Waals surface area contributed by atoms with Crippen molar-refractivity contribution in [2.45, 2.75) is 32.9 Å². The molecule has 15 heavy (non-hydrogen) atoms. The van der Waals surface area contributed by atoms with Crippen LogP contribution in [0.4, 0.5) is 0 Å². The molecule has 5 unspecified atom stereocenters. The van der Waals surface area contributed by atoms with Crippen LogP contribution in [0.25, 0.3) is 0 Å². The second-order valence-corrected chi connectivity index (χ2v) is 6.60.